The minimum absolute atomic E-state index is 0.0102. The predicted molar refractivity (Wildman–Crippen MR) is 274 cm³/mol. The molecule has 0 radical (unpaired) electrons. The van der Waals surface area contributed by atoms with Crippen LogP contribution in [0.15, 0.2) is 0 Å². The summed E-state index contributed by atoms with van der Waals surface area (Å²) in [6, 6.07) is 0. The van der Waals surface area contributed by atoms with Crippen molar-refractivity contribution in [2.45, 2.75) is 265 Å². The van der Waals surface area contributed by atoms with Crippen LogP contribution in [0, 0.1) is 0 Å². The first-order valence-corrected chi connectivity index (χ1v) is 27.4. The zero-order valence-electron chi connectivity index (χ0n) is 43.5. The summed E-state index contributed by atoms with van der Waals surface area (Å²) in [6.45, 7) is 12.8. The van der Waals surface area contributed by atoms with Crippen molar-refractivity contribution in [3.05, 3.63) is 0 Å². The molecule has 0 aliphatic carbocycles. The number of carbonyl (C=O) groups is 2. The van der Waals surface area contributed by atoms with E-state index in [-0.39, 0.29) is 24.1 Å². The number of nitrogens with one attached hydrogen (secondary N) is 2. The molecule has 0 aliphatic heterocycles. The Morgan fingerprint density at radius 3 is 1.28 bits per heavy atom. The first-order valence-electron chi connectivity index (χ1n) is 27.4. The van der Waals surface area contributed by atoms with Crippen LogP contribution in [-0.2, 0) is 19.1 Å². The number of rotatable bonds is 48. The molecular weight excluding hydrogens is 815 g/mol. The highest BCUT2D eigenvalue weighted by Gasteiger charge is 2.18. The van der Waals surface area contributed by atoms with Gasteiger partial charge in [-0.25, -0.2) is 0 Å². The van der Waals surface area contributed by atoms with Gasteiger partial charge in [0.05, 0.1) is 14.2 Å². The topological polar surface area (TPSA) is 124 Å². The van der Waals surface area contributed by atoms with Gasteiger partial charge in [-0.1, -0.05) is 163 Å². The van der Waals surface area contributed by atoms with E-state index in [1.807, 2.05) is 7.05 Å². The minimum atomic E-state index is -0.0192. The maximum atomic E-state index is 12.9. The van der Waals surface area contributed by atoms with E-state index in [0.29, 0.717) is 24.6 Å². The molecule has 0 aliphatic rings. The van der Waals surface area contributed by atoms with Crippen LogP contribution < -0.4 is 20.1 Å². The molecule has 11 nitrogen and oxygen atoms in total. The highest BCUT2D eigenvalue weighted by Crippen LogP contribution is 2.36. The number of methoxy groups -OCH3 is 2. The smallest absolute Gasteiger partial charge is 0.306 e. The van der Waals surface area contributed by atoms with Crippen molar-refractivity contribution < 1.29 is 28.5 Å². The van der Waals surface area contributed by atoms with Crippen LogP contribution in [0.5, 0.6) is 11.8 Å². The van der Waals surface area contributed by atoms with E-state index < -0.39 is 0 Å². The third-order valence-corrected chi connectivity index (χ3v) is 12.9. The Labute approximate surface area is 400 Å². The van der Waals surface area contributed by atoms with E-state index in [2.05, 4.69) is 53.4 Å². The summed E-state index contributed by atoms with van der Waals surface area (Å²) in [5.41, 5.74) is 1.49. The lowest BCUT2D eigenvalue weighted by atomic mass is 10.0. The van der Waals surface area contributed by atoms with Crippen LogP contribution in [0.3, 0.4) is 0 Å². The van der Waals surface area contributed by atoms with E-state index in [9.17, 15) is 9.59 Å². The molecule has 2 N–H and O–H groups in total. The molecule has 1 aromatic rings. The fourth-order valence-electron chi connectivity index (χ4n) is 8.76. The highest BCUT2D eigenvalue weighted by atomic mass is 16.5. The second-order valence-corrected chi connectivity index (χ2v) is 18.7. The summed E-state index contributed by atoms with van der Waals surface area (Å²) >= 11 is 0. The van der Waals surface area contributed by atoms with Gasteiger partial charge >= 0.3 is 11.9 Å². The molecule has 1 atom stereocenters. The van der Waals surface area contributed by atoms with Crippen LogP contribution in [0.2, 0.25) is 0 Å². The van der Waals surface area contributed by atoms with Gasteiger partial charge in [0.1, 0.15) is 23.6 Å². The number of unbranched alkanes of at least 4 members (excludes halogenated alkanes) is 23. The average Bonchev–Trinajstić information content (AvgIpc) is 3.31. The second kappa shape index (κ2) is 43.7. The van der Waals surface area contributed by atoms with Gasteiger partial charge in [-0.2, -0.15) is 0 Å². The van der Waals surface area contributed by atoms with E-state index >= 15 is 0 Å². The third-order valence-electron chi connectivity index (χ3n) is 12.9. The van der Waals surface area contributed by atoms with Gasteiger partial charge in [0.2, 0.25) is 0 Å². The second-order valence-electron chi connectivity index (χ2n) is 18.7. The maximum absolute atomic E-state index is 12.9. The number of aromatic nitrogens is 2. The summed E-state index contributed by atoms with van der Waals surface area (Å²) in [7, 11) is 5.03. The van der Waals surface area contributed by atoms with E-state index in [1.54, 1.807) is 14.2 Å². The summed E-state index contributed by atoms with van der Waals surface area (Å²) in [6.07, 6.45) is 39.9. The van der Waals surface area contributed by atoms with E-state index in [1.165, 1.54) is 122 Å². The van der Waals surface area contributed by atoms with E-state index in [0.717, 1.165) is 127 Å². The SMILES string of the molecule is CCCCCCCCC(CC)OC(=O)CCCCCCCN(CCCCCCCC(=O)OC(CCCCCCCC)CCCCCCCC)CCCNc1c(OC)nnc(OC)c1NC. The number of hydrogen-bond acceptors (Lipinski definition) is 11. The van der Waals surface area contributed by atoms with Gasteiger partial charge in [-0.15, -0.1) is 10.2 Å². The molecule has 0 fully saturated rings. The summed E-state index contributed by atoms with van der Waals surface area (Å²) in [4.78, 5) is 28.1. The molecule has 0 spiro atoms. The molecule has 0 amide bonds. The van der Waals surface area contributed by atoms with Gasteiger partial charge in [0.25, 0.3) is 11.8 Å². The van der Waals surface area contributed by atoms with Crippen molar-refractivity contribution in [2.24, 2.45) is 0 Å². The summed E-state index contributed by atoms with van der Waals surface area (Å²) in [5.74, 6) is 0.856. The Morgan fingerprint density at radius 1 is 0.477 bits per heavy atom. The van der Waals surface area contributed by atoms with Gasteiger partial charge in [0.15, 0.2) is 0 Å². The molecule has 0 saturated carbocycles. The van der Waals surface area contributed by atoms with Crippen molar-refractivity contribution in [2.75, 3.05) is 58.1 Å². The van der Waals surface area contributed by atoms with Crippen LogP contribution >= 0.6 is 0 Å². The largest absolute Gasteiger partial charge is 0.478 e. The minimum Gasteiger partial charge on any atom is -0.478 e. The number of nitrogens with zero attached hydrogens (tertiary/aromatic N) is 3. The normalized spacial score (nSPS) is 11.9. The number of esters is 2. The maximum Gasteiger partial charge on any atom is 0.306 e. The monoisotopic (exact) mass is 918 g/mol. The lowest BCUT2D eigenvalue weighted by Gasteiger charge is -2.23. The Bertz CT molecular complexity index is 1240. The Morgan fingerprint density at radius 2 is 0.846 bits per heavy atom. The van der Waals surface area contributed by atoms with Crippen molar-refractivity contribution in [1.29, 1.82) is 0 Å². The molecule has 1 aromatic heterocycles. The Kier molecular flexibility index (Phi) is 40.5. The highest BCUT2D eigenvalue weighted by molar-refractivity contribution is 5.77. The van der Waals surface area contributed by atoms with Crippen LogP contribution in [0.4, 0.5) is 11.4 Å². The quantitative estimate of drug-likeness (QED) is 0.0479. The fourth-order valence-corrected chi connectivity index (χ4v) is 8.76. The van der Waals surface area contributed by atoms with Gasteiger partial charge in [0, 0.05) is 26.4 Å². The third kappa shape index (κ3) is 32.5. The lowest BCUT2D eigenvalue weighted by molar-refractivity contribution is -0.150. The van der Waals surface area contributed by atoms with Gasteiger partial charge in [-0.05, 0) is 96.7 Å². The first-order chi connectivity index (χ1) is 31.9. The van der Waals surface area contributed by atoms with Crippen LogP contribution in [0.1, 0.15) is 252 Å². The molecule has 1 rings (SSSR count). The predicted octanol–water partition coefficient (Wildman–Crippen LogP) is 14.8. The Hall–Kier alpha value is -2.82. The molecule has 65 heavy (non-hydrogen) atoms. The number of hydrogen-bond donors (Lipinski definition) is 2. The van der Waals surface area contributed by atoms with Gasteiger partial charge in [-0.3, -0.25) is 9.59 Å². The van der Waals surface area contributed by atoms with E-state index in [4.69, 9.17) is 18.9 Å². The van der Waals surface area contributed by atoms with Crippen molar-refractivity contribution in [3.8, 4) is 11.8 Å². The molecule has 0 bridgehead atoms. The summed E-state index contributed by atoms with van der Waals surface area (Å²) in [5, 5.41) is 15.0. The van der Waals surface area contributed by atoms with Crippen LogP contribution in [-0.4, -0.2) is 86.7 Å². The van der Waals surface area contributed by atoms with Gasteiger partial charge < -0.3 is 34.5 Å². The molecular formula is C54H103N5O6. The van der Waals surface area contributed by atoms with Crippen molar-refractivity contribution in [1.82, 2.24) is 15.1 Å². The number of carbonyl (C=O) groups excluding carboxylic acids is 2. The van der Waals surface area contributed by atoms with Crippen molar-refractivity contribution >= 4 is 23.3 Å². The average molecular weight is 918 g/mol. The lowest BCUT2D eigenvalue weighted by Crippen LogP contribution is -2.28. The number of anilines is 2. The van der Waals surface area contributed by atoms with Crippen molar-refractivity contribution in [3.63, 3.8) is 0 Å². The molecule has 380 valence electrons. The standard InChI is InChI=1S/C54H103N5O6/c1-8-12-15-18-23-30-38-47(11-4)64-49(60)41-33-26-21-28-35-44-59(46-37-43-56-52-51(55-5)53(62-6)57-58-54(52)63-7)45-36-29-22-27-34-42-50(61)65-48(39-31-24-19-16-13-9-2)40-32-25-20-17-14-10-3/h47-48H,8-46H2,1-7H3,(H,55,58)(H,56,57). The molecule has 1 unspecified atom stereocenters. The Balaban J connectivity index is 2.55. The molecule has 1 heterocycles. The zero-order valence-corrected chi connectivity index (χ0v) is 43.5. The number of ether oxygens (including phenoxy) is 4. The first kappa shape index (κ1) is 60.2. The molecule has 0 saturated heterocycles. The summed E-state index contributed by atoms with van der Waals surface area (Å²) < 4.78 is 22.9. The van der Waals surface area contributed by atoms with Crippen LogP contribution in [0.25, 0.3) is 0 Å². The molecule has 11 heteroatoms. The zero-order chi connectivity index (χ0) is 47.4. The fraction of sp³-hybridized carbons (Fsp3) is 0.889. The molecule has 0 aromatic carbocycles.